The van der Waals surface area contributed by atoms with Crippen molar-refractivity contribution in [1.29, 1.82) is 0 Å². The molecule has 0 aromatic carbocycles. The van der Waals surface area contributed by atoms with Crippen LogP contribution < -0.4 is 0 Å². The molecule has 0 aromatic rings. The monoisotopic (exact) mass is 424 g/mol. The van der Waals surface area contributed by atoms with Gasteiger partial charge in [0.25, 0.3) is 0 Å². The van der Waals surface area contributed by atoms with Crippen LogP contribution in [0, 0.1) is 0 Å². The average Bonchev–Trinajstić information content (AvgIpc) is 2.07. The minimum Gasteiger partial charge on any atom is -0.0878 e. The van der Waals surface area contributed by atoms with Gasteiger partial charge in [-0.2, -0.15) is 0 Å². The molecule has 1 saturated carbocycles. The second-order valence-corrected chi connectivity index (χ2v) is 7.67. The van der Waals surface area contributed by atoms with E-state index in [-0.39, 0.29) is 0 Å². The Labute approximate surface area is 108 Å². The van der Waals surface area contributed by atoms with E-state index in [9.17, 15) is 0 Å². The topological polar surface area (TPSA) is 0 Å². The first-order valence-electron chi connectivity index (χ1n) is 4.19. The van der Waals surface area contributed by atoms with Crippen molar-refractivity contribution in [3.63, 3.8) is 0 Å². The number of rotatable bonds is 0. The number of alkyl halides is 4. The molecule has 4 unspecified atom stereocenters. The van der Waals surface area contributed by atoms with Gasteiger partial charge in [-0.3, -0.25) is 0 Å². The number of hydrogen-bond acceptors (Lipinski definition) is 0. The highest BCUT2D eigenvalue weighted by atomic mass is 79.9. The SMILES string of the molecule is BrC1CCCCC(Br)C(Br)C1Br. The van der Waals surface area contributed by atoms with Gasteiger partial charge in [-0.15, -0.1) is 0 Å². The molecule has 0 N–H and O–H groups in total. The first kappa shape index (κ1) is 12.0. The lowest BCUT2D eigenvalue weighted by atomic mass is 10.0. The van der Waals surface area contributed by atoms with Gasteiger partial charge in [0.1, 0.15) is 0 Å². The average molecular weight is 428 g/mol. The van der Waals surface area contributed by atoms with Crippen LogP contribution in [-0.4, -0.2) is 19.3 Å². The van der Waals surface area contributed by atoms with E-state index in [1.807, 2.05) is 0 Å². The Morgan fingerprint density at radius 3 is 1.33 bits per heavy atom. The maximum absolute atomic E-state index is 3.72. The molecule has 4 atom stereocenters. The standard InChI is InChI=1S/C8H12Br4/c9-5-3-1-2-4-6(10)8(12)7(5)11/h5-8H,1-4H2. The van der Waals surface area contributed by atoms with Crippen LogP contribution in [0.2, 0.25) is 0 Å². The quantitative estimate of drug-likeness (QED) is 0.495. The van der Waals surface area contributed by atoms with E-state index in [4.69, 9.17) is 0 Å². The lowest BCUT2D eigenvalue weighted by Crippen LogP contribution is -2.32. The zero-order chi connectivity index (χ0) is 9.14. The van der Waals surface area contributed by atoms with E-state index >= 15 is 0 Å². The van der Waals surface area contributed by atoms with Gasteiger partial charge in [0.15, 0.2) is 0 Å². The molecule has 12 heavy (non-hydrogen) atoms. The molecule has 1 aliphatic carbocycles. The summed E-state index contributed by atoms with van der Waals surface area (Å²) in [6, 6.07) is 0. The van der Waals surface area contributed by atoms with Gasteiger partial charge >= 0.3 is 0 Å². The Kier molecular flexibility index (Phi) is 5.71. The van der Waals surface area contributed by atoms with Crippen LogP contribution in [0.15, 0.2) is 0 Å². The van der Waals surface area contributed by atoms with E-state index in [0.717, 1.165) is 0 Å². The summed E-state index contributed by atoms with van der Waals surface area (Å²) in [5, 5.41) is 0. The minimum absolute atomic E-state index is 0.530. The van der Waals surface area contributed by atoms with E-state index in [1.165, 1.54) is 25.7 Å². The summed E-state index contributed by atoms with van der Waals surface area (Å²) in [4.78, 5) is 2.26. The minimum atomic E-state index is 0.530. The van der Waals surface area contributed by atoms with Crippen LogP contribution in [0.25, 0.3) is 0 Å². The number of halogens is 4. The Bertz CT molecular complexity index is 123. The van der Waals surface area contributed by atoms with Gasteiger partial charge < -0.3 is 0 Å². The highest BCUT2D eigenvalue weighted by Gasteiger charge is 2.30. The fourth-order valence-electron chi connectivity index (χ4n) is 1.40. The summed E-state index contributed by atoms with van der Waals surface area (Å²) in [6.45, 7) is 0. The fourth-order valence-corrected chi connectivity index (χ4v) is 4.79. The van der Waals surface area contributed by atoms with Crippen LogP contribution in [0.1, 0.15) is 25.7 Å². The Morgan fingerprint density at radius 2 is 1.00 bits per heavy atom. The first-order valence-corrected chi connectivity index (χ1v) is 7.85. The Morgan fingerprint density at radius 1 is 0.667 bits per heavy atom. The second-order valence-electron chi connectivity index (χ2n) is 3.21. The van der Waals surface area contributed by atoms with Crippen LogP contribution in [0.4, 0.5) is 0 Å². The summed E-state index contributed by atoms with van der Waals surface area (Å²) < 4.78 is 0. The molecule has 0 radical (unpaired) electrons. The molecule has 1 rings (SSSR count). The van der Waals surface area contributed by atoms with Gasteiger partial charge in [-0.25, -0.2) is 0 Å². The predicted molar refractivity (Wildman–Crippen MR) is 69.3 cm³/mol. The van der Waals surface area contributed by atoms with Gasteiger partial charge in [-0.1, -0.05) is 76.6 Å². The van der Waals surface area contributed by atoms with Crippen molar-refractivity contribution in [1.82, 2.24) is 0 Å². The normalized spacial score (nSPS) is 45.0. The lowest BCUT2D eigenvalue weighted by Gasteiger charge is -2.28. The van der Waals surface area contributed by atoms with Crippen molar-refractivity contribution in [2.75, 3.05) is 0 Å². The van der Waals surface area contributed by atoms with E-state index in [1.54, 1.807) is 0 Å². The van der Waals surface area contributed by atoms with Crippen molar-refractivity contribution in [3.8, 4) is 0 Å². The van der Waals surface area contributed by atoms with Gasteiger partial charge in [0.2, 0.25) is 0 Å². The fraction of sp³-hybridized carbons (Fsp3) is 1.00. The molecular weight excluding hydrogens is 416 g/mol. The van der Waals surface area contributed by atoms with Crippen molar-refractivity contribution in [2.24, 2.45) is 0 Å². The van der Waals surface area contributed by atoms with Crippen molar-refractivity contribution < 1.29 is 0 Å². The zero-order valence-electron chi connectivity index (χ0n) is 6.65. The van der Waals surface area contributed by atoms with E-state index < -0.39 is 0 Å². The maximum atomic E-state index is 3.72. The largest absolute Gasteiger partial charge is 0.0878 e. The summed E-state index contributed by atoms with van der Waals surface area (Å²) >= 11 is 14.9. The van der Waals surface area contributed by atoms with Gasteiger partial charge in [0, 0.05) is 19.3 Å². The lowest BCUT2D eigenvalue weighted by molar-refractivity contribution is 0.554. The molecule has 1 aliphatic rings. The molecule has 0 amide bonds. The summed E-state index contributed by atoms with van der Waals surface area (Å²) in [5.74, 6) is 0. The highest BCUT2D eigenvalue weighted by Crippen LogP contribution is 2.35. The molecule has 0 nitrogen and oxygen atoms in total. The zero-order valence-corrected chi connectivity index (χ0v) is 13.0. The van der Waals surface area contributed by atoms with Crippen molar-refractivity contribution in [2.45, 2.75) is 45.0 Å². The van der Waals surface area contributed by atoms with Gasteiger partial charge in [-0.05, 0) is 12.8 Å². The third-order valence-electron chi connectivity index (χ3n) is 2.21. The summed E-state index contributed by atoms with van der Waals surface area (Å²) in [5.41, 5.74) is 0. The molecule has 0 aromatic heterocycles. The molecule has 1 fully saturated rings. The molecule has 0 heterocycles. The molecule has 0 bridgehead atoms. The smallest absolute Gasteiger partial charge is 0.0407 e. The van der Waals surface area contributed by atoms with Crippen LogP contribution in [-0.2, 0) is 0 Å². The van der Waals surface area contributed by atoms with Crippen molar-refractivity contribution >= 4 is 63.7 Å². The summed E-state index contributed by atoms with van der Waals surface area (Å²) in [7, 11) is 0. The third kappa shape index (κ3) is 3.25. The third-order valence-corrected chi connectivity index (χ3v) is 8.80. The molecule has 4 heteroatoms. The molecule has 0 aliphatic heterocycles. The van der Waals surface area contributed by atoms with Gasteiger partial charge in [0.05, 0.1) is 0 Å². The first-order chi connectivity index (χ1) is 5.63. The highest BCUT2D eigenvalue weighted by molar-refractivity contribution is 9.14. The van der Waals surface area contributed by atoms with Crippen molar-refractivity contribution in [3.05, 3.63) is 0 Å². The van der Waals surface area contributed by atoms with E-state index in [2.05, 4.69) is 63.7 Å². The van der Waals surface area contributed by atoms with Crippen LogP contribution in [0.3, 0.4) is 0 Å². The Hall–Kier alpha value is 1.92. The molecular formula is C8H12Br4. The van der Waals surface area contributed by atoms with Crippen LogP contribution in [0.5, 0.6) is 0 Å². The summed E-state index contributed by atoms with van der Waals surface area (Å²) in [6.07, 6.45) is 5.22. The maximum Gasteiger partial charge on any atom is 0.0407 e. The Balaban J connectivity index is 2.55. The van der Waals surface area contributed by atoms with Crippen LogP contribution >= 0.6 is 63.7 Å². The van der Waals surface area contributed by atoms with E-state index in [0.29, 0.717) is 19.3 Å². The second kappa shape index (κ2) is 5.72. The molecule has 0 saturated heterocycles. The predicted octanol–water partition coefficient (Wildman–Crippen LogP) is 4.61. The molecule has 72 valence electrons. The molecule has 0 spiro atoms. The number of hydrogen-bond donors (Lipinski definition) is 0.